The molecule has 1 aliphatic rings. The van der Waals surface area contributed by atoms with E-state index >= 15 is 0 Å². The molecule has 0 saturated heterocycles. The third-order valence-electron chi connectivity index (χ3n) is 4.59. The van der Waals surface area contributed by atoms with E-state index < -0.39 is 22.0 Å². The Labute approximate surface area is 199 Å². The van der Waals surface area contributed by atoms with Crippen LogP contribution in [0.3, 0.4) is 0 Å². The highest BCUT2D eigenvalue weighted by Gasteiger charge is 2.31. The average Bonchev–Trinajstić information content (AvgIpc) is 3.10. The Morgan fingerprint density at radius 1 is 1.28 bits per heavy atom. The van der Waals surface area contributed by atoms with Crippen LogP contribution >= 0.6 is 34.7 Å². The van der Waals surface area contributed by atoms with Gasteiger partial charge in [0.1, 0.15) is 5.75 Å². The molecule has 0 bridgehead atoms. The van der Waals surface area contributed by atoms with Crippen LogP contribution in [0.2, 0.25) is 5.02 Å². The lowest BCUT2D eigenvalue weighted by Gasteiger charge is -2.21. The van der Waals surface area contributed by atoms with Gasteiger partial charge in [0.2, 0.25) is 15.2 Å². The molecule has 1 N–H and O–H groups in total. The van der Waals surface area contributed by atoms with E-state index in [1.807, 2.05) is 30.3 Å². The molecule has 1 amide bonds. The highest BCUT2D eigenvalue weighted by molar-refractivity contribution is 8.00. The minimum absolute atomic E-state index is 0.0819. The zero-order chi connectivity index (χ0) is 22.7. The van der Waals surface area contributed by atoms with Crippen LogP contribution in [0.5, 0.6) is 5.75 Å². The highest BCUT2D eigenvalue weighted by Crippen LogP contribution is 2.36. The van der Waals surface area contributed by atoms with Crippen molar-refractivity contribution in [2.45, 2.75) is 22.6 Å². The summed E-state index contributed by atoms with van der Waals surface area (Å²) < 4.78 is 32.3. The first-order valence-electron chi connectivity index (χ1n) is 9.54. The van der Waals surface area contributed by atoms with Crippen LogP contribution in [0.15, 0.2) is 52.9 Å². The maximum atomic E-state index is 12.8. The normalized spacial score (nSPS) is 16.1. The van der Waals surface area contributed by atoms with E-state index in [9.17, 15) is 13.2 Å². The molecule has 0 aliphatic carbocycles. The zero-order valence-corrected chi connectivity index (χ0v) is 20.1. The minimum Gasteiger partial charge on any atom is -0.478 e. The Kier molecular flexibility index (Phi) is 6.89. The number of sulfonamides is 1. The van der Waals surface area contributed by atoms with Gasteiger partial charge in [0.15, 0.2) is 10.4 Å². The first-order valence-corrected chi connectivity index (χ1v) is 13.6. The van der Waals surface area contributed by atoms with Crippen LogP contribution in [0.4, 0.5) is 10.8 Å². The second-order valence-electron chi connectivity index (χ2n) is 6.98. The predicted molar refractivity (Wildman–Crippen MR) is 127 cm³/mol. The molecule has 8 nitrogen and oxygen atoms in total. The summed E-state index contributed by atoms with van der Waals surface area (Å²) in [5.41, 5.74) is 1.48. The molecule has 1 aromatic heterocycles. The van der Waals surface area contributed by atoms with Crippen LogP contribution in [0.25, 0.3) is 0 Å². The maximum absolute atomic E-state index is 12.8. The van der Waals surface area contributed by atoms with Gasteiger partial charge in [-0.25, -0.2) is 8.42 Å². The Hall–Kier alpha value is -2.34. The smallest absolute Gasteiger partial charge is 0.267 e. The van der Waals surface area contributed by atoms with Gasteiger partial charge in [-0.05, 0) is 23.8 Å². The molecule has 12 heteroatoms. The van der Waals surface area contributed by atoms with E-state index in [4.69, 9.17) is 16.3 Å². The lowest BCUT2D eigenvalue weighted by atomic mass is 10.2. The van der Waals surface area contributed by atoms with E-state index in [1.54, 1.807) is 12.1 Å². The van der Waals surface area contributed by atoms with Crippen LogP contribution in [0.1, 0.15) is 12.0 Å². The van der Waals surface area contributed by atoms with Gasteiger partial charge in [0.05, 0.1) is 11.9 Å². The Bertz CT molecular complexity index is 1220. The van der Waals surface area contributed by atoms with Crippen molar-refractivity contribution in [3.63, 3.8) is 0 Å². The Morgan fingerprint density at radius 3 is 2.81 bits per heavy atom. The number of hydrogen-bond acceptors (Lipinski definition) is 8. The van der Waals surface area contributed by atoms with Gasteiger partial charge >= 0.3 is 0 Å². The monoisotopic (exact) mass is 510 g/mol. The quantitative estimate of drug-likeness (QED) is 0.394. The number of aromatic nitrogens is 2. The molecule has 0 saturated carbocycles. The lowest BCUT2D eigenvalue weighted by Crippen LogP contribution is -2.35. The van der Waals surface area contributed by atoms with Crippen molar-refractivity contribution in [2.75, 3.05) is 22.4 Å². The molecule has 32 heavy (non-hydrogen) atoms. The van der Waals surface area contributed by atoms with Crippen LogP contribution < -0.4 is 14.4 Å². The fraction of sp³-hybridized carbons (Fsp3) is 0.250. The largest absolute Gasteiger partial charge is 0.478 e. The van der Waals surface area contributed by atoms with Crippen molar-refractivity contribution >= 4 is 61.4 Å². The van der Waals surface area contributed by atoms with Crippen LogP contribution in [-0.2, 0) is 20.6 Å². The first-order chi connectivity index (χ1) is 15.3. The molecular weight excluding hydrogens is 492 g/mol. The molecular formula is C20H19ClN4O4S3. The van der Waals surface area contributed by atoms with E-state index in [-0.39, 0.29) is 18.7 Å². The summed E-state index contributed by atoms with van der Waals surface area (Å²) in [4.78, 5) is 12.8. The van der Waals surface area contributed by atoms with Gasteiger partial charge in [0, 0.05) is 23.7 Å². The topological polar surface area (TPSA) is 101 Å². The lowest BCUT2D eigenvalue weighted by molar-refractivity contribution is -0.122. The number of hydrogen-bond donors (Lipinski definition) is 1. The second-order valence-corrected chi connectivity index (χ2v) is 11.5. The minimum atomic E-state index is -3.57. The number of fused-ring (bicyclic) bond motifs is 1. The molecule has 1 atom stereocenters. The molecule has 0 fully saturated rings. The first kappa shape index (κ1) is 22.8. The SMILES string of the molecule is CS(=O)(=O)N1CC[C@@H](C(=O)Nc2nnc(SCc3ccccc3)s2)Oc2ccc(Cl)cc21. The van der Waals surface area contributed by atoms with Crippen molar-refractivity contribution < 1.29 is 17.9 Å². The summed E-state index contributed by atoms with van der Waals surface area (Å²) in [6.07, 6.45) is 0.374. The second kappa shape index (κ2) is 9.65. The number of nitrogens with one attached hydrogen (secondary N) is 1. The van der Waals surface area contributed by atoms with Gasteiger partial charge in [-0.3, -0.25) is 14.4 Å². The molecule has 4 rings (SSSR count). The summed E-state index contributed by atoms with van der Waals surface area (Å²) >= 11 is 8.85. The average molecular weight is 511 g/mol. The molecule has 0 unspecified atom stereocenters. The van der Waals surface area contributed by atoms with E-state index in [0.717, 1.165) is 16.3 Å². The third-order valence-corrected chi connectivity index (χ3v) is 8.05. The summed E-state index contributed by atoms with van der Waals surface area (Å²) in [7, 11) is -3.57. The maximum Gasteiger partial charge on any atom is 0.267 e. The standard InChI is InChI=1S/C20H19ClN4O4S3/c1-32(27,28)25-10-9-17(29-16-8-7-14(21)11-15(16)25)18(26)22-19-23-24-20(31-19)30-12-13-5-3-2-4-6-13/h2-8,11,17H,9-10,12H2,1H3,(H,22,23,26)/t17-/m0/s1. The number of amides is 1. The number of ether oxygens (including phenoxy) is 1. The fourth-order valence-electron chi connectivity index (χ4n) is 3.11. The van der Waals surface area contributed by atoms with E-state index in [0.29, 0.717) is 15.8 Å². The molecule has 168 valence electrons. The molecule has 2 aromatic carbocycles. The van der Waals surface area contributed by atoms with E-state index in [1.165, 1.54) is 39.0 Å². The van der Waals surface area contributed by atoms with Gasteiger partial charge in [0.25, 0.3) is 5.91 Å². The highest BCUT2D eigenvalue weighted by atomic mass is 35.5. The van der Waals surface area contributed by atoms with Crippen molar-refractivity contribution in [3.8, 4) is 5.75 Å². The van der Waals surface area contributed by atoms with Crippen molar-refractivity contribution in [1.82, 2.24) is 10.2 Å². The zero-order valence-electron chi connectivity index (χ0n) is 16.9. The number of carbonyl (C=O) groups is 1. The van der Waals surface area contributed by atoms with Gasteiger partial charge in [-0.2, -0.15) is 0 Å². The van der Waals surface area contributed by atoms with Gasteiger partial charge in [-0.15, -0.1) is 10.2 Å². The Morgan fingerprint density at radius 2 is 2.06 bits per heavy atom. The van der Waals surface area contributed by atoms with E-state index in [2.05, 4.69) is 15.5 Å². The molecule has 1 aliphatic heterocycles. The predicted octanol–water partition coefficient (Wildman–Crippen LogP) is 4.04. The molecule has 2 heterocycles. The summed E-state index contributed by atoms with van der Waals surface area (Å²) in [6.45, 7) is 0.0819. The number of rotatable bonds is 6. The van der Waals surface area contributed by atoms with Gasteiger partial charge in [-0.1, -0.05) is 65.0 Å². The summed E-state index contributed by atoms with van der Waals surface area (Å²) in [5.74, 6) is 0.599. The molecule has 3 aromatic rings. The number of benzene rings is 2. The summed E-state index contributed by atoms with van der Waals surface area (Å²) in [6, 6.07) is 14.6. The van der Waals surface area contributed by atoms with Crippen molar-refractivity contribution in [1.29, 1.82) is 0 Å². The van der Waals surface area contributed by atoms with Crippen molar-refractivity contribution in [3.05, 3.63) is 59.1 Å². The van der Waals surface area contributed by atoms with Crippen molar-refractivity contribution in [2.24, 2.45) is 0 Å². The van der Waals surface area contributed by atoms with Gasteiger partial charge < -0.3 is 4.74 Å². The Balaban J connectivity index is 1.44. The van der Waals surface area contributed by atoms with Crippen LogP contribution in [0, 0.1) is 0 Å². The molecule has 0 radical (unpaired) electrons. The number of halogens is 1. The third kappa shape index (κ3) is 5.52. The number of carbonyl (C=O) groups excluding carboxylic acids is 1. The summed E-state index contributed by atoms with van der Waals surface area (Å²) in [5, 5.41) is 11.6. The van der Waals surface area contributed by atoms with Crippen LogP contribution in [-0.4, -0.2) is 43.4 Å². The number of thioether (sulfide) groups is 1. The molecule has 0 spiro atoms. The fourth-order valence-corrected chi connectivity index (χ4v) is 5.92. The number of anilines is 2. The number of nitrogens with zero attached hydrogens (tertiary/aromatic N) is 3.